The first kappa shape index (κ1) is 15.3. The van der Waals surface area contributed by atoms with Crippen LogP contribution in [0, 0.1) is 0 Å². The molecule has 1 heterocycles. The van der Waals surface area contributed by atoms with Gasteiger partial charge in [-0.2, -0.15) is 5.10 Å². The number of nitrogens with zero attached hydrogens (tertiary/aromatic N) is 2. The molecule has 8 heteroatoms. The molecule has 1 aromatic carbocycles. The summed E-state index contributed by atoms with van der Waals surface area (Å²) in [6, 6.07) is 6.38. The van der Waals surface area contributed by atoms with E-state index >= 15 is 0 Å². The van der Waals surface area contributed by atoms with Gasteiger partial charge in [-0.25, -0.2) is 0 Å². The number of hydrogen-bond acceptors (Lipinski definition) is 3. The Labute approximate surface area is 130 Å². The van der Waals surface area contributed by atoms with Crippen molar-refractivity contribution in [1.29, 1.82) is 0 Å². The van der Waals surface area contributed by atoms with Crippen LogP contribution in [0.3, 0.4) is 0 Å². The number of carbonyl (C=O) groups is 2. The predicted octanol–water partition coefficient (Wildman–Crippen LogP) is 2.92. The maximum absolute atomic E-state index is 12.2. The Bertz CT molecular complexity index is 685. The van der Waals surface area contributed by atoms with Gasteiger partial charge in [-0.1, -0.05) is 29.3 Å². The summed E-state index contributed by atoms with van der Waals surface area (Å²) >= 11 is 11.9. The zero-order valence-electron chi connectivity index (χ0n) is 10.7. The first-order valence-electron chi connectivity index (χ1n) is 5.98. The predicted molar refractivity (Wildman–Crippen MR) is 78.9 cm³/mol. The van der Waals surface area contributed by atoms with Crippen LogP contribution in [0.2, 0.25) is 10.0 Å². The summed E-state index contributed by atoms with van der Waals surface area (Å²) in [5.41, 5.74) is 0.618. The highest BCUT2D eigenvalue weighted by Gasteiger charge is 2.15. The lowest BCUT2D eigenvalue weighted by atomic mass is 10.3. The first-order valence-corrected chi connectivity index (χ1v) is 6.73. The van der Waals surface area contributed by atoms with Crippen LogP contribution in [0.4, 0.5) is 5.69 Å². The van der Waals surface area contributed by atoms with Crippen molar-refractivity contribution in [2.45, 2.75) is 13.0 Å². The molecule has 0 saturated carbocycles. The van der Waals surface area contributed by atoms with Crippen molar-refractivity contribution in [1.82, 2.24) is 9.78 Å². The number of amides is 1. The highest BCUT2D eigenvalue weighted by Crippen LogP contribution is 2.29. The molecule has 2 rings (SSSR count). The molecule has 21 heavy (non-hydrogen) atoms. The van der Waals surface area contributed by atoms with Gasteiger partial charge in [-0.05, 0) is 18.2 Å². The van der Waals surface area contributed by atoms with E-state index in [4.69, 9.17) is 28.3 Å². The quantitative estimate of drug-likeness (QED) is 0.884. The third kappa shape index (κ3) is 3.74. The van der Waals surface area contributed by atoms with Gasteiger partial charge in [0.1, 0.15) is 5.69 Å². The van der Waals surface area contributed by atoms with Crippen molar-refractivity contribution < 1.29 is 14.7 Å². The summed E-state index contributed by atoms with van der Waals surface area (Å²) in [5, 5.41) is 15.8. The third-order valence-corrected chi connectivity index (χ3v) is 3.51. The van der Waals surface area contributed by atoms with Crippen LogP contribution in [-0.2, 0) is 11.3 Å². The summed E-state index contributed by atoms with van der Waals surface area (Å²) in [5.74, 6) is -1.41. The Hall–Kier alpha value is -2.05. The van der Waals surface area contributed by atoms with Crippen molar-refractivity contribution in [3.63, 3.8) is 0 Å². The van der Waals surface area contributed by atoms with Gasteiger partial charge in [0.15, 0.2) is 0 Å². The van der Waals surface area contributed by atoms with Gasteiger partial charge in [0.2, 0.25) is 0 Å². The smallest absolute Gasteiger partial charge is 0.305 e. The number of aliphatic carboxylic acids is 1. The molecule has 1 amide bonds. The fourth-order valence-electron chi connectivity index (χ4n) is 1.69. The summed E-state index contributed by atoms with van der Waals surface area (Å²) in [7, 11) is 0. The Morgan fingerprint density at radius 3 is 2.76 bits per heavy atom. The summed E-state index contributed by atoms with van der Waals surface area (Å²) in [6.45, 7) is 0.106. The maximum Gasteiger partial charge on any atom is 0.305 e. The second kappa shape index (κ2) is 6.60. The minimum atomic E-state index is -0.963. The number of hydrogen-bond donors (Lipinski definition) is 2. The molecule has 0 atom stereocenters. The molecule has 0 bridgehead atoms. The van der Waals surface area contributed by atoms with E-state index in [0.717, 1.165) is 0 Å². The average Bonchev–Trinajstić information content (AvgIpc) is 2.90. The lowest BCUT2D eigenvalue weighted by Crippen LogP contribution is -2.19. The molecule has 0 saturated heterocycles. The van der Waals surface area contributed by atoms with E-state index in [1.165, 1.54) is 16.9 Å². The topological polar surface area (TPSA) is 84.2 Å². The van der Waals surface area contributed by atoms with Crippen LogP contribution in [0.25, 0.3) is 0 Å². The van der Waals surface area contributed by atoms with Gasteiger partial charge in [0.25, 0.3) is 5.91 Å². The fourth-order valence-corrected chi connectivity index (χ4v) is 2.04. The molecule has 0 aliphatic heterocycles. The van der Waals surface area contributed by atoms with Crippen molar-refractivity contribution in [2.75, 3.05) is 5.32 Å². The fraction of sp³-hybridized carbons (Fsp3) is 0.154. The molecule has 0 aliphatic rings. The van der Waals surface area contributed by atoms with E-state index in [1.54, 1.807) is 18.2 Å². The zero-order valence-corrected chi connectivity index (χ0v) is 12.2. The van der Waals surface area contributed by atoms with Crippen LogP contribution in [0.1, 0.15) is 16.9 Å². The zero-order chi connectivity index (χ0) is 15.4. The molecule has 6 nitrogen and oxygen atoms in total. The number of anilines is 1. The van der Waals surface area contributed by atoms with Crippen molar-refractivity contribution in [3.8, 4) is 0 Å². The van der Waals surface area contributed by atoms with Crippen LogP contribution < -0.4 is 5.32 Å². The average molecular weight is 328 g/mol. The van der Waals surface area contributed by atoms with E-state index < -0.39 is 11.9 Å². The summed E-state index contributed by atoms with van der Waals surface area (Å²) in [6.07, 6.45) is 1.30. The SMILES string of the molecule is O=C(O)CCn1nccc1C(=O)Nc1cccc(Cl)c1Cl. The Kier molecular flexibility index (Phi) is 4.82. The molecule has 2 N–H and O–H groups in total. The van der Waals surface area contributed by atoms with E-state index in [1.807, 2.05) is 0 Å². The van der Waals surface area contributed by atoms with Crippen LogP contribution in [0.15, 0.2) is 30.5 Å². The van der Waals surface area contributed by atoms with Gasteiger partial charge in [-0.15, -0.1) is 0 Å². The van der Waals surface area contributed by atoms with E-state index in [2.05, 4.69) is 10.4 Å². The highest BCUT2D eigenvalue weighted by molar-refractivity contribution is 6.44. The number of carboxylic acids is 1. The number of carbonyl (C=O) groups excluding carboxylic acids is 1. The summed E-state index contributed by atoms with van der Waals surface area (Å²) in [4.78, 5) is 22.8. The first-order chi connectivity index (χ1) is 9.99. The Morgan fingerprint density at radius 2 is 2.05 bits per heavy atom. The molecule has 0 radical (unpaired) electrons. The molecular formula is C13H11Cl2N3O3. The third-order valence-electron chi connectivity index (χ3n) is 2.69. The Morgan fingerprint density at radius 1 is 1.29 bits per heavy atom. The van der Waals surface area contributed by atoms with E-state index in [0.29, 0.717) is 10.7 Å². The van der Waals surface area contributed by atoms with E-state index in [-0.39, 0.29) is 23.7 Å². The number of halogens is 2. The second-order valence-corrected chi connectivity index (χ2v) is 4.92. The number of benzene rings is 1. The summed E-state index contributed by atoms with van der Waals surface area (Å²) < 4.78 is 1.32. The van der Waals surface area contributed by atoms with Gasteiger partial charge in [0, 0.05) is 6.20 Å². The number of aromatic nitrogens is 2. The molecule has 2 aromatic rings. The molecule has 0 spiro atoms. The number of aryl methyl sites for hydroxylation is 1. The standard InChI is InChI=1S/C13H11Cl2N3O3/c14-8-2-1-3-9(12(8)15)17-13(21)10-4-6-16-18(10)7-5-11(19)20/h1-4,6H,5,7H2,(H,17,21)(H,19,20). The molecule has 0 aliphatic carbocycles. The number of carboxylic acid groups (broad SMARTS) is 1. The normalized spacial score (nSPS) is 10.4. The van der Waals surface area contributed by atoms with Crippen LogP contribution in [-0.4, -0.2) is 26.8 Å². The minimum Gasteiger partial charge on any atom is -0.481 e. The monoisotopic (exact) mass is 327 g/mol. The lowest BCUT2D eigenvalue weighted by molar-refractivity contribution is -0.137. The number of nitrogens with one attached hydrogen (secondary N) is 1. The molecular weight excluding hydrogens is 317 g/mol. The molecule has 1 aromatic heterocycles. The molecule has 0 fully saturated rings. The van der Waals surface area contributed by atoms with Gasteiger partial charge < -0.3 is 10.4 Å². The Balaban J connectivity index is 2.15. The van der Waals surface area contributed by atoms with E-state index in [9.17, 15) is 9.59 Å². The van der Waals surface area contributed by atoms with Crippen LogP contribution in [0.5, 0.6) is 0 Å². The highest BCUT2D eigenvalue weighted by atomic mass is 35.5. The van der Waals surface area contributed by atoms with Crippen molar-refractivity contribution in [3.05, 3.63) is 46.2 Å². The minimum absolute atomic E-state index is 0.106. The van der Waals surface area contributed by atoms with Crippen LogP contribution >= 0.6 is 23.2 Å². The van der Waals surface area contributed by atoms with Gasteiger partial charge in [-0.3, -0.25) is 14.3 Å². The van der Waals surface area contributed by atoms with Crippen molar-refractivity contribution >= 4 is 40.8 Å². The largest absolute Gasteiger partial charge is 0.481 e. The second-order valence-electron chi connectivity index (χ2n) is 4.14. The molecule has 0 unspecified atom stereocenters. The van der Waals surface area contributed by atoms with Gasteiger partial charge in [0.05, 0.1) is 28.7 Å². The van der Waals surface area contributed by atoms with Gasteiger partial charge >= 0.3 is 5.97 Å². The lowest BCUT2D eigenvalue weighted by Gasteiger charge is -2.09. The maximum atomic E-state index is 12.2. The van der Waals surface area contributed by atoms with Crippen molar-refractivity contribution in [2.24, 2.45) is 0 Å². The molecule has 110 valence electrons. The number of rotatable bonds is 5.